The third kappa shape index (κ3) is 3.01. The molecule has 0 saturated carbocycles. The van der Waals surface area contributed by atoms with Gasteiger partial charge in [0.1, 0.15) is 0 Å². The van der Waals surface area contributed by atoms with E-state index in [1.807, 2.05) is 0 Å². The number of nitrogens with zero attached hydrogens (tertiary/aromatic N) is 1. The smallest absolute Gasteiger partial charge is 0.410 e. The minimum absolute atomic E-state index is 0.373. The molecule has 0 aromatic heterocycles. The van der Waals surface area contributed by atoms with Crippen LogP contribution in [0, 0.1) is 0 Å². The lowest BCUT2D eigenvalue weighted by molar-refractivity contribution is -0.122. The maximum atomic E-state index is 11.5. The second-order valence-corrected chi connectivity index (χ2v) is 4.14. The number of likely N-dealkylation sites (tertiary alicyclic amines) is 1. The van der Waals surface area contributed by atoms with Crippen molar-refractivity contribution in [3.05, 3.63) is 0 Å². The molecule has 0 aliphatic carbocycles. The van der Waals surface area contributed by atoms with E-state index in [2.05, 4.69) is 0 Å². The van der Waals surface area contributed by atoms with Gasteiger partial charge in [-0.15, -0.1) is 0 Å². The first-order chi connectivity index (χ1) is 6.55. The summed E-state index contributed by atoms with van der Waals surface area (Å²) in [5, 5.41) is 0. The maximum Gasteiger partial charge on any atom is 0.410 e. The molecule has 1 amide bonds. The van der Waals surface area contributed by atoms with E-state index in [1.165, 1.54) is 6.42 Å². The maximum absolute atomic E-state index is 11.5. The molecule has 1 aliphatic rings. The largest absolute Gasteiger partial charge is 0.436 e. The molecule has 4 heteroatoms. The van der Waals surface area contributed by atoms with Crippen molar-refractivity contribution in [2.75, 3.05) is 13.1 Å². The van der Waals surface area contributed by atoms with Crippen LogP contribution in [0.3, 0.4) is 0 Å². The van der Waals surface area contributed by atoms with Crippen LogP contribution in [-0.2, 0) is 9.53 Å². The summed E-state index contributed by atoms with van der Waals surface area (Å²) in [6, 6.07) is 0. The van der Waals surface area contributed by atoms with Gasteiger partial charge in [0.25, 0.3) is 0 Å². The zero-order valence-electron chi connectivity index (χ0n) is 8.78. The molecule has 1 fully saturated rings. The van der Waals surface area contributed by atoms with E-state index in [4.69, 9.17) is 4.74 Å². The van der Waals surface area contributed by atoms with Crippen molar-refractivity contribution in [1.29, 1.82) is 0 Å². The summed E-state index contributed by atoms with van der Waals surface area (Å²) in [6.07, 6.45) is 3.49. The molecule has 1 heterocycles. The average molecular weight is 199 g/mol. The Morgan fingerprint density at radius 3 is 2.36 bits per heavy atom. The van der Waals surface area contributed by atoms with Crippen molar-refractivity contribution in [2.45, 2.75) is 38.7 Å². The average Bonchev–Trinajstić information content (AvgIpc) is 2.19. The van der Waals surface area contributed by atoms with Gasteiger partial charge in [-0.3, -0.25) is 4.79 Å². The quantitative estimate of drug-likeness (QED) is 0.634. The van der Waals surface area contributed by atoms with E-state index >= 15 is 0 Å². The number of hydrogen-bond acceptors (Lipinski definition) is 3. The Balaban J connectivity index is 2.44. The molecule has 1 saturated heterocycles. The summed E-state index contributed by atoms with van der Waals surface area (Å²) >= 11 is 0. The predicted octanol–water partition coefficient (Wildman–Crippen LogP) is 1.59. The summed E-state index contributed by atoms with van der Waals surface area (Å²) in [6.45, 7) is 4.66. The fourth-order valence-electron chi connectivity index (χ4n) is 1.39. The van der Waals surface area contributed by atoms with Gasteiger partial charge in [0, 0.05) is 13.1 Å². The van der Waals surface area contributed by atoms with Gasteiger partial charge in [-0.25, -0.2) is 4.79 Å². The summed E-state index contributed by atoms with van der Waals surface area (Å²) in [5.41, 5.74) is -1.01. The molecular weight excluding hydrogens is 182 g/mol. The van der Waals surface area contributed by atoms with Crippen molar-refractivity contribution >= 4 is 12.4 Å². The zero-order valence-corrected chi connectivity index (χ0v) is 8.78. The van der Waals surface area contributed by atoms with Crippen molar-refractivity contribution in [2.24, 2.45) is 0 Å². The molecule has 0 N–H and O–H groups in total. The van der Waals surface area contributed by atoms with E-state index in [0.717, 1.165) is 25.9 Å². The normalized spacial score (nSPS) is 17.7. The molecule has 1 rings (SSSR count). The molecule has 14 heavy (non-hydrogen) atoms. The molecule has 0 atom stereocenters. The Bertz CT molecular complexity index is 219. The minimum Gasteiger partial charge on any atom is -0.436 e. The third-order valence-electron chi connectivity index (χ3n) is 2.25. The van der Waals surface area contributed by atoms with E-state index in [0.29, 0.717) is 6.29 Å². The highest BCUT2D eigenvalue weighted by molar-refractivity contribution is 5.73. The lowest BCUT2D eigenvalue weighted by atomic mass is 10.1. The Morgan fingerprint density at radius 1 is 1.29 bits per heavy atom. The highest BCUT2D eigenvalue weighted by Gasteiger charge is 2.26. The van der Waals surface area contributed by atoms with Crippen molar-refractivity contribution in [3.63, 3.8) is 0 Å². The molecule has 0 radical (unpaired) electrons. The molecule has 0 aromatic carbocycles. The lowest BCUT2D eigenvalue weighted by Crippen LogP contribution is -2.41. The summed E-state index contributed by atoms with van der Waals surface area (Å²) in [5.74, 6) is 0. The van der Waals surface area contributed by atoms with E-state index in [-0.39, 0.29) is 6.09 Å². The monoisotopic (exact) mass is 199 g/mol. The van der Waals surface area contributed by atoms with Gasteiger partial charge in [-0.1, -0.05) is 0 Å². The van der Waals surface area contributed by atoms with Crippen LogP contribution in [0.5, 0.6) is 0 Å². The summed E-state index contributed by atoms with van der Waals surface area (Å²) in [4.78, 5) is 23.7. The van der Waals surface area contributed by atoms with E-state index < -0.39 is 5.60 Å². The Hall–Kier alpha value is -1.06. The van der Waals surface area contributed by atoms with Gasteiger partial charge >= 0.3 is 6.09 Å². The SMILES string of the molecule is CC(C)(C=O)OC(=O)N1CCCCC1. The highest BCUT2D eigenvalue weighted by atomic mass is 16.6. The molecular formula is C10H17NO3. The van der Waals surface area contributed by atoms with Crippen LogP contribution < -0.4 is 0 Å². The molecule has 4 nitrogen and oxygen atoms in total. The molecule has 80 valence electrons. The van der Waals surface area contributed by atoms with Crippen molar-refractivity contribution in [3.8, 4) is 0 Å². The van der Waals surface area contributed by atoms with Crippen LogP contribution in [-0.4, -0.2) is 36.0 Å². The topological polar surface area (TPSA) is 46.6 Å². The van der Waals surface area contributed by atoms with Crippen molar-refractivity contribution < 1.29 is 14.3 Å². The van der Waals surface area contributed by atoms with E-state index in [9.17, 15) is 9.59 Å². The highest BCUT2D eigenvalue weighted by Crippen LogP contribution is 2.13. The second kappa shape index (κ2) is 4.44. The zero-order chi connectivity index (χ0) is 10.6. The van der Waals surface area contributed by atoms with Gasteiger partial charge in [0.2, 0.25) is 0 Å². The van der Waals surface area contributed by atoms with Gasteiger partial charge in [0.15, 0.2) is 11.9 Å². The minimum atomic E-state index is -1.01. The number of ether oxygens (including phenoxy) is 1. The number of carbonyl (C=O) groups excluding carboxylic acids is 2. The summed E-state index contributed by atoms with van der Waals surface area (Å²) < 4.78 is 5.05. The van der Waals surface area contributed by atoms with Crippen LogP contribution in [0.15, 0.2) is 0 Å². The number of amides is 1. The van der Waals surface area contributed by atoms with Crippen molar-refractivity contribution in [1.82, 2.24) is 4.90 Å². The fraction of sp³-hybridized carbons (Fsp3) is 0.800. The van der Waals surface area contributed by atoms with Gasteiger partial charge < -0.3 is 9.64 Å². The van der Waals surface area contributed by atoms with Crippen LogP contribution in [0.1, 0.15) is 33.1 Å². The standard InChI is InChI=1S/C10H17NO3/c1-10(2,8-12)14-9(13)11-6-4-3-5-7-11/h8H,3-7H2,1-2H3. The predicted molar refractivity (Wildman–Crippen MR) is 52.0 cm³/mol. The first kappa shape index (κ1) is 11.0. The Labute approximate surface area is 84.2 Å². The van der Waals surface area contributed by atoms with Gasteiger partial charge in [0.05, 0.1) is 0 Å². The molecule has 0 unspecified atom stereocenters. The number of hydrogen-bond donors (Lipinski definition) is 0. The molecule has 0 spiro atoms. The van der Waals surface area contributed by atoms with Crippen LogP contribution in [0.2, 0.25) is 0 Å². The third-order valence-corrected chi connectivity index (χ3v) is 2.25. The lowest BCUT2D eigenvalue weighted by Gasteiger charge is -2.29. The first-order valence-corrected chi connectivity index (χ1v) is 4.99. The van der Waals surface area contributed by atoms with Gasteiger partial charge in [-0.2, -0.15) is 0 Å². The van der Waals surface area contributed by atoms with E-state index in [1.54, 1.807) is 18.7 Å². The number of carbonyl (C=O) groups is 2. The Kier molecular flexibility index (Phi) is 3.49. The number of rotatable bonds is 2. The second-order valence-electron chi connectivity index (χ2n) is 4.14. The first-order valence-electron chi connectivity index (χ1n) is 4.99. The van der Waals surface area contributed by atoms with Gasteiger partial charge in [-0.05, 0) is 33.1 Å². The number of piperidine rings is 1. The molecule has 1 aliphatic heterocycles. The van der Waals surface area contributed by atoms with Crippen LogP contribution in [0.4, 0.5) is 4.79 Å². The van der Waals surface area contributed by atoms with Crippen LogP contribution in [0.25, 0.3) is 0 Å². The molecule has 0 aromatic rings. The molecule has 0 bridgehead atoms. The van der Waals surface area contributed by atoms with Crippen LogP contribution >= 0.6 is 0 Å². The number of aldehydes is 1. The fourth-order valence-corrected chi connectivity index (χ4v) is 1.39. The summed E-state index contributed by atoms with van der Waals surface area (Å²) in [7, 11) is 0. The Morgan fingerprint density at radius 2 is 1.86 bits per heavy atom.